The number of carbonyl (C=O) groups is 2. The lowest BCUT2D eigenvalue weighted by Gasteiger charge is -2.58. The van der Waals surface area contributed by atoms with Crippen LogP contribution in [0, 0.1) is 29.6 Å². The molecule has 2 heterocycles. The molecule has 0 aromatic carbocycles. The first-order chi connectivity index (χ1) is 15.9. The van der Waals surface area contributed by atoms with Crippen molar-refractivity contribution in [3.8, 4) is 0 Å². The minimum atomic E-state index is -0.415. The third-order valence-electron chi connectivity index (χ3n) is 9.38. The SMILES string of the molecule is CC1CCc2c(sc(NC(=O)CN3CCN(C4C5CC6CC(C5)CC4C6)CC3)c2C(N)=O)C1. The van der Waals surface area contributed by atoms with Gasteiger partial charge in [0.1, 0.15) is 5.00 Å². The average Bonchev–Trinajstić information content (AvgIpc) is 3.11. The van der Waals surface area contributed by atoms with Crippen LogP contribution in [0.5, 0.6) is 0 Å². The molecule has 0 radical (unpaired) electrons. The molecule has 7 heteroatoms. The van der Waals surface area contributed by atoms with Crippen molar-refractivity contribution < 1.29 is 9.59 Å². The van der Waals surface area contributed by atoms with E-state index in [1.807, 2.05) is 0 Å². The second-order valence-corrected chi connectivity index (χ2v) is 12.8. The van der Waals surface area contributed by atoms with E-state index in [2.05, 4.69) is 22.0 Å². The molecular weight excluding hydrogens is 432 g/mol. The molecular formula is C26H38N4O2S. The van der Waals surface area contributed by atoms with E-state index < -0.39 is 5.91 Å². The Labute approximate surface area is 201 Å². The maximum Gasteiger partial charge on any atom is 0.251 e. The van der Waals surface area contributed by atoms with Crippen LogP contribution in [-0.2, 0) is 17.6 Å². The Hall–Kier alpha value is -1.44. The summed E-state index contributed by atoms with van der Waals surface area (Å²) in [5.74, 6) is 4.07. The van der Waals surface area contributed by atoms with Crippen LogP contribution in [0.25, 0.3) is 0 Å². The molecule has 2 amide bonds. The minimum Gasteiger partial charge on any atom is -0.365 e. The average molecular weight is 471 g/mol. The third-order valence-corrected chi connectivity index (χ3v) is 10.6. The summed E-state index contributed by atoms with van der Waals surface area (Å²) in [5.41, 5.74) is 7.35. The van der Waals surface area contributed by atoms with E-state index in [0.717, 1.165) is 80.7 Å². The predicted molar refractivity (Wildman–Crippen MR) is 132 cm³/mol. The fourth-order valence-corrected chi connectivity index (χ4v) is 9.61. The van der Waals surface area contributed by atoms with Gasteiger partial charge in [0.2, 0.25) is 5.91 Å². The first-order valence-corrected chi connectivity index (χ1v) is 14.0. The van der Waals surface area contributed by atoms with E-state index in [0.29, 0.717) is 23.0 Å². The number of piperazine rings is 1. The Morgan fingerprint density at radius 3 is 2.33 bits per heavy atom. The molecule has 5 fully saturated rings. The van der Waals surface area contributed by atoms with E-state index in [1.54, 1.807) is 11.3 Å². The molecule has 7 rings (SSSR count). The molecule has 4 bridgehead atoms. The molecule has 1 saturated heterocycles. The fraction of sp³-hybridized carbons (Fsp3) is 0.769. The molecule has 6 nitrogen and oxygen atoms in total. The lowest BCUT2D eigenvalue weighted by atomic mass is 9.54. The van der Waals surface area contributed by atoms with Gasteiger partial charge in [-0.3, -0.25) is 19.4 Å². The zero-order valence-corrected chi connectivity index (χ0v) is 20.7. The molecule has 0 spiro atoms. The summed E-state index contributed by atoms with van der Waals surface area (Å²) >= 11 is 1.56. The zero-order valence-electron chi connectivity index (χ0n) is 19.9. The predicted octanol–water partition coefficient (Wildman–Crippen LogP) is 3.35. The summed E-state index contributed by atoms with van der Waals surface area (Å²) in [5, 5.41) is 3.72. The number of nitrogens with zero attached hydrogens (tertiary/aromatic N) is 2. The Morgan fingerprint density at radius 1 is 1.03 bits per heavy atom. The van der Waals surface area contributed by atoms with Gasteiger partial charge in [-0.05, 0) is 86.5 Å². The quantitative estimate of drug-likeness (QED) is 0.692. The number of hydrogen-bond donors (Lipinski definition) is 2. The maximum absolute atomic E-state index is 12.9. The zero-order chi connectivity index (χ0) is 22.7. The molecule has 1 aliphatic heterocycles. The summed E-state index contributed by atoms with van der Waals surface area (Å²) in [6.45, 7) is 6.71. The standard InChI is InChI=1S/C26H38N4O2S/c1-15-2-3-20-21(8-15)33-26(23(20)25(27)32)28-22(31)14-29-4-6-30(7-5-29)24-18-10-16-9-17(12-18)13-19(24)11-16/h15-19,24H,2-14H2,1H3,(H2,27,32)(H,28,31). The second-order valence-electron chi connectivity index (χ2n) is 11.7. The Balaban J connectivity index is 1.05. The molecule has 1 aromatic heterocycles. The second kappa shape index (κ2) is 8.65. The molecule has 1 unspecified atom stereocenters. The van der Waals surface area contributed by atoms with Gasteiger partial charge in [-0.15, -0.1) is 11.3 Å². The number of amides is 2. The Morgan fingerprint density at radius 2 is 1.70 bits per heavy atom. The normalized spacial score (nSPS) is 36.0. The van der Waals surface area contributed by atoms with E-state index in [4.69, 9.17) is 5.73 Å². The van der Waals surface area contributed by atoms with E-state index in [1.165, 1.54) is 37.0 Å². The number of anilines is 1. The van der Waals surface area contributed by atoms with Crippen LogP contribution in [0.1, 0.15) is 66.2 Å². The Bertz CT molecular complexity index is 907. The van der Waals surface area contributed by atoms with Crippen LogP contribution in [0.3, 0.4) is 0 Å². The topological polar surface area (TPSA) is 78.7 Å². The van der Waals surface area contributed by atoms with E-state index >= 15 is 0 Å². The van der Waals surface area contributed by atoms with Crippen molar-refractivity contribution in [3.05, 3.63) is 16.0 Å². The Kier molecular flexibility index (Phi) is 5.78. The van der Waals surface area contributed by atoms with Gasteiger partial charge in [-0.2, -0.15) is 0 Å². The van der Waals surface area contributed by atoms with Crippen molar-refractivity contribution in [2.45, 2.75) is 64.3 Å². The molecule has 180 valence electrons. The number of primary amides is 1. The number of hydrogen-bond acceptors (Lipinski definition) is 5. The van der Waals surface area contributed by atoms with E-state index in [9.17, 15) is 9.59 Å². The van der Waals surface area contributed by atoms with Gasteiger partial charge in [0, 0.05) is 37.1 Å². The van der Waals surface area contributed by atoms with Gasteiger partial charge >= 0.3 is 0 Å². The van der Waals surface area contributed by atoms with Crippen LogP contribution in [0.4, 0.5) is 5.00 Å². The lowest BCUT2D eigenvalue weighted by molar-refractivity contribution is -0.118. The van der Waals surface area contributed by atoms with Gasteiger partial charge in [-0.1, -0.05) is 6.92 Å². The molecule has 5 aliphatic carbocycles. The van der Waals surface area contributed by atoms with Crippen molar-refractivity contribution in [3.63, 3.8) is 0 Å². The summed E-state index contributed by atoms with van der Waals surface area (Å²) in [4.78, 5) is 31.3. The van der Waals surface area contributed by atoms with Gasteiger partial charge in [-0.25, -0.2) is 0 Å². The van der Waals surface area contributed by atoms with Crippen molar-refractivity contribution in [1.29, 1.82) is 0 Å². The van der Waals surface area contributed by atoms with Crippen molar-refractivity contribution in [1.82, 2.24) is 9.80 Å². The highest BCUT2D eigenvalue weighted by Crippen LogP contribution is 2.55. The molecule has 33 heavy (non-hydrogen) atoms. The fourth-order valence-electron chi connectivity index (χ4n) is 8.18. The smallest absolute Gasteiger partial charge is 0.251 e. The minimum absolute atomic E-state index is 0.0211. The van der Waals surface area contributed by atoms with Gasteiger partial charge in [0.05, 0.1) is 12.1 Å². The number of fused-ring (bicyclic) bond motifs is 1. The monoisotopic (exact) mass is 470 g/mol. The molecule has 1 aromatic rings. The highest BCUT2D eigenvalue weighted by molar-refractivity contribution is 7.17. The van der Waals surface area contributed by atoms with Gasteiger partial charge < -0.3 is 11.1 Å². The number of nitrogens with one attached hydrogen (secondary N) is 1. The summed E-state index contributed by atoms with van der Waals surface area (Å²) in [6, 6.07) is 0.798. The summed E-state index contributed by atoms with van der Waals surface area (Å²) < 4.78 is 0. The first-order valence-electron chi connectivity index (χ1n) is 13.1. The van der Waals surface area contributed by atoms with Crippen molar-refractivity contribution in [2.75, 3.05) is 38.0 Å². The molecule has 6 aliphatic rings. The largest absolute Gasteiger partial charge is 0.365 e. The first kappa shape index (κ1) is 22.1. The molecule has 1 atom stereocenters. The number of nitrogens with two attached hydrogens (primary N) is 1. The lowest BCUT2D eigenvalue weighted by Crippen LogP contribution is -2.60. The third kappa shape index (κ3) is 4.14. The summed E-state index contributed by atoms with van der Waals surface area (Å²) in [7, 11) is 0. The van der Waals surface area contributed by atoms with Gasteiger partial charge in [0.25, 0.3) is 5.91 Å². The highest BCUT2D eigenvalue weighted by Gasteiger charge is 2.50. The highest BCUT2D eigenvalue weighted by atomic mass is 32.1. The molecule has 3 N–H and O–H groups in total. The van der Waals surface area contributed by atoms with Gasteiger partial charge in [0.15, 0.2) is 0 Å². The number of thiophene rings is 1. The van der Waals surface area contributed by atoms with Crippen molar-refractivity contribution in [2.24, 2.45) is 35.3 Å². The maximum atomic E-state index is 12.9. The van der Waals surface area contributed by atoms with Crippen LogP contribution in [0.15, 0.2) is 0 Å². The van der Waals surface area contributed by atoms with Crippen LogP contribution >= 0.6 is 11.3 Å². The summed E-state index contributed by atoms with van der Waals surface area (Å²) in [6.07, 6.45) is 10.3. The van der Waals surface area contributed by atoms with Crippen LogP contribution < -0.4 is 11.1 Å². The number of rotatable bonds is 5. The van der Waals surface area contributed by atoms with E-state index in [-0.39, 0.29) is 5.91 Å². The molecule has 4 saturated carbocycles. The van der Waals surface area contributed by atoms with Crippen LogP contribution in [-0.4, -0.2) is 60.4 Å². The van der Waals surface area contributed by atoms with Crippen molar-refractivity contribution >= 4 is 28.2 Å². The van der Waals surface area contributed by atoms with Crippen LogP contribution in [0.2, 0.25) is 0 Å². The number of carbonyl (C=O) groups excluding carboxylic acids is 2.